The van der Waals surface area contributed by atoms with Gasteiger partial charge in [0, 0.05) is 18.8 Å². The van der Waals surface area contributed by atoms with Crippen LogP contribution < -0.4 is 4.90 Å². The van der Waals surface area contributed by atoms with Crippen molar-refractivity contribution in [2.75, 3.05) is 18.0 Å². The molecule has 1 heteroatoms. The van der Waals surface area contributed by atoms with Crippen molar-refractivity contribution in [3.05, 3.63) is 28.8 Å². The molecule has 0 fully saturated rings. The van der Waals surface area contributed by atoms with E-state index >= 15 is 0 Å². The van der Waals surface area contributed by atoms with E-state index in [-0.39, 0.29) is 0 Å². The number of rotatable bonds is 2. The third kappa shape index (κ3) is 2.08. The molecule has 3 rings (SSSR count). The van der Waals surface area contributed by atoms with Crippen LogP contribution in [0.2, 0.25) is 0 Å². The van der Waals surface area contributed by atoms with Crippen LogP contribution in [-0.4, -0.2) is 13.1 Å². The Balaban J connectivity index is 2.02. The number of benzene rings is 1. The molecule has 1 aromatic rings. The van der Waals surface area contributed by atoms with E-state index < -0.39 is 0 Å². The Morgan fingerprint density at radius 3 is 2.18 bits per heavy atom. The van der Waals surface area contributed by atoms with Gasteiger partial charge in [0.05, 0.1) is 0 Å². The normalized spacial score (nSPS) is 18.4. The summed E-state index contributed by atoms with van der Waals surface area (Å²) < 4.78 is 0. The summed E-state index contributed by atoms with van der Waals surface area (Å²) in [7, 11) is 0. The Morgan fingerprint density at radius 1 is 1.06 bits per heavy atom. The molecule has 2 aliphatic heterocycles. The monoisotopic (exact) mass is 229 g/mol. The van der Waals surface area contributed by atoms with Crippen LogP contribution in [0.1, 0.15) is 43.4 Å². The Hall–Kier alpha value is -0.980. The number of hydrogen-bond donors (Lipinski definition) is 0. The molecule has 2 heterocycles. The molecular formula is C16H23N. The van der Waals surface area contributed by atoms with E-state index in [1.807, 2.05) is 0 Å². The molecule has 1 nitrogen and oxygen atoms in total. The van der Waals surface area contributed by atoms with Crippen molar-refractivity contribution in [3.63, 3.8) is 0 Å². The summed E-state index contributed by atoms with van der Waals surface area (Å²) in [6, 6.07) is 4.96. The van der Waals surface area contributed by atoms with Gasteiger partial charge in [-0.1, -0.05) is 26.0 Å². The molecule has 0 unspecified atom stereocenters. The Bertz CT molecular complexity index is 389. The molecule has 0 radical (unpaired) electrons. The van der Waals surface area contributed by atoms with E-state index in [9.17, 15) is 0 Å². The quantitative estimate of drug-likeness (QED) is 0.749. The lowest BCUT2D eigenvalue weighted by atomic mass is 9.88. The van der Waals surface area contributed by atoms with Gasteiger partial charge in [-0.25, -0.2) is 0 Å². The van der Waals surface area contributed by atoms with Crippen molar-refractivity contribution in [3.8, 4) is 0 Å². The summed E-state index contributed by atoms with van der Waals surface area (Å²) in [6.07, 6.45) is 6.52. The van der Waals surface area contributed by atoms with Gasteiger partial charge in [0.25, 0.3) is 0 Å². The summed E-state index contributed by atoms with van der Waals surface area (Å²) >= 11 is 0. The van der Waals surface area contributed by atoms with Crippen LogP contribution in [0.25, 0.3) is 0 Å². The first-order valence-electron chi connectivity index (χ1n) is 7.13. The molecule has 92 valence electrons. The fraction of sp³-hybridized carbons (Fsp3) is 0.625. The molecule has 0 atom stereocenters. The molecule has 0 amide bonds. The first-order valence-corrected chi connectivity index (χ1v) is 7.13. The highest BCUT2D eigenvalue weighted by atomic mass is 15.1. The van der Waals surface area contributed by atoms with E-state index in [0.29, 0.717) is 0 Å². The Labute approximate surface area is 105 Å². The highest BCUT2D eigenvalue weighted by molar-refractivity contribution is 5.64. The smallest absolute Gasteiger partial charge is 0.0431 e. The third-order valence-electron chi connectivity index (χ3n) is 4.04. The Morgan fingerprint density at radius 2 is 1.65 bits per heavy atom. The van der Waals surface area contributed by atoms with Gasteiger partial charge in [-0.05, 0) is 54.7 Å². The predicted octanol–water partition coefficient (Wildman–Crippen LogP) is 3.58. The number of aryl methyl sites for hydroxylation is 2. The Kier molecular flexibility index (Phi) is 2.85. The topological polar surface area (TPSA) is 3.24 Å². The first-order chi connectivity index (χ1) is 8.24. The van der Waals surface area contributed by atoms with Crippen LogP contribution in [0.3, 0.4) is 0 Å². The minimum Gasteiger partial charge on any atom is -0.371 e. The van der Waals surface area contributed by atoms with Crippen molar-refractivity contribution < 1.29 is 0 Å². The van der Waals surface area contributed by atoms with E-state index in [2.05, 4.69) is 30.9 Å². The van der Waals surface area contributed by atoms with Crippen molar-refractivity contribution in [1.82, 2.24) is 0 Å². The number of nitrogens with zero attached hydrogens (tertiary/aromatic N) is 1. The molecule has 0 bridgehead atoms. The molecule has 0 aliphatic carbocycles. The van der Waals surface area contributed by atoms with E-state index in [4.69, 9.17) is 0 Å². The average molecular weight is 229 g/mol. The minimum absolute atomic E-state index is 0.767. The zero-order valence-corrected chi connectivity index (χ0v) is 11.1. The molecule has 0 N–H and O–H groups in total. The first kappa shape index (κ1) is 11.1. The SMILES string of the molecule is CC(C)Cc1cc2c3c(c1)CCCN3CCC2. The number of hydrogen-bond acceptors (Lipinski definition) is 1. The summed E-state index contributed by atoms with van der Waals surface area (Å²) in [5.41, 5.74) is 6.43. The maximum absolute atomic E-state index is 2.62. The van der Waals surface area contributed by atoms with Crippen LogP contribution in [0.4, 0.5) is 5.69 Å². The van der Waals surface area contributed by atoms with Gasteiger partial charge in [0.1, 0.15) is 0 Å². The lowest BCUT2D eigenvalue weighted by molar-refractivity contribution is 0.622. The fourth-order valence-electron chi connectivity index (χ4n) is 3.46. The van der Waals surface area contributed by atoms with Gasteiger partial charge in [0.2, 0.25) is 0 Å². The van der Waals surface area contributed by atoms with Crippen LogP contribution in [-0.2, 0) is 19.3 Å². The van der Waals surface area contributed by atoms with E-state index in [0.717, 1.165) is 5.92 Å². The molecular weight excluding hydrogens is 206 g/mol. The molecule has 0 saturated carbocycles. The molecule has 1 aromatic carbocycles. The molecule has 0 aromatic heterocycles. The second-order valence-corrected chi connectivity index (χ2v) is 6.05. The van der Waals surface area contributed by atoms with Gasteiger partial charge in [0.15, 0.2) is 0 Å². The molecule has 17 heavy (non-hydrogen) atoms. The summed E-state index contributed by atoms with van der Waals surface area (Å²) in [5.74, 6) is 0.767. The summed E-state index contributed by atoms with van der Waals surface area (Å²) in [5, 5.41) is 0. The second-order valence-electron chi connectivity index (χ2n) is 6.05. The van der Waals surface area contributed by atoms with Crippen LogP contribution in [0.15, 0.2) is 12.1 Å². The van der Waals surface area contributed by atoms with Crippen LogP contribution >= 0.6 is 0 Å². The summed E-state index contributed by atoms with van der Waals surface area (Å²) in [4.78, 5) is 2.62. The molecule has 0 saturated heterocycles. The van der Waals surface area contributed by atoms with Gasteiger partial charge in [-0.3, -0.25) is 0 Å². The highest BCUT2D eigenvalue weighted by Gasteiger charge is 2.24. The van der Waals surface area contributed by atoms with Crippen molar-refractivity contribution in [1.29, 1.82) is 0 Å². The van der Waals surface area contributed by atoms with E-state index in [1.54, 1.807) is 22.4 Å². The van der Waals surface area contributed by atoms with E-state index in [1.165, 1.54) is 45.2 Å². The van der Waals surface area contributed by atoms with Gasteiger partial charge in [-0.2, -0.15) is 0 Å². The predicted molar refractivity (Wildman–Crippen MR) is 73.8 cm³/mol. The van der Waals surface area contributed by atoms with Crippen molar-refractivity contribution in [2.24, 2.45) is 5.92 Å². The second kappa shape index (κ2) is 4.36. The lowest BCUT2D eigenvalue weighted by Crippen LogP contribution is -2.34. The summed E-state index contributed by atoms with van der Waals surface area (Å²) in [6.45, 7) is 7.20. The zero-order chi connectivity index (χ0) is 11.8. The van der Waals surface area contributed by atoms with Crippen molar-refractivity contribution in [2.45, 2.75) is 46.0 Å². The number of anilines is 1. The zero-order valence-electron chi connectivity index (χ0n) is 11.1. The van der Waals surface area contributed by atoms with Crippen LogP contribution in [0, 0.1) is 5.92 Å². The van der Waals surface area contributed by atoms with Crippen LogP contribution in [0.5, 0.6) is 0 Å². The standard InChI is InChI=1S/C16H23N/c1-12(2)9-13-10-14-5-3-7-17-8-4-6-15(11-13)16(14)17/h10-12H,3-9H2,1-2H3. The minimum atomic E-state index is 0.767. The average Bonchev–Trinajstić information content (AvgIpc) is 2.28. The van der Waals surface area contributed by atoms with Gasteiger partial charge in [-0.15, -0.1) is 0 Å². The molecule has 0 spiro atoms. The lowest BCUT2D eigenvalue weighted by Gasteiger charge is -2.37. The maximum Gasteiger partial charge on any atom is 0.0431 e. The van der Waals surface area contributed by atoms with Crippen molar-refractivity contribution >= 4 is 5.69 Å². The fourth-order valence-corrected chi connectivity index (χ4v) is 3.46. The largest absolute Gasteiger partial charge is 0.371 e. The molecule has 2 aliphatic rings. The maximum atomic E-state index is 2.62. The third-order valence-corrected chi connectivity index (χ3v) is 4.04. The highest BCUT2D eigenvalue weighted by Crippen LogP contribution is 2.36. The van der Waals surface area contributed by atoms with Gasteiger partial charge < -0.3 is 4.90 Å². The van der Waals surface area contributed by atoms with Gasteiger partial charge >= 0.3 is 0 Å².